The maximum atomic E-state index is 12.8. The number of nitrogens with zero attached hydrogens (tertiary/aromatic N) is 1. The smallest absolute Gasteiger partial charge is 0.264 e. The van der Waals surface area contributed by atoms with Crippen molar-refractivity contribution in [3.63, 3.8) is 0 Å². The van der Waals surface area contributed by atoms with Crippen molar-refractivity contribution >= 4 is 29.3 Å². The number of amides is 4. The van der Waals surface area contributed by atoms with Crippen LogP contribution in [0.15, 0.2) is 18.2 Å². The molecule has 1 aromatic rings. The molecule has 4 amide bonds. The van der Waals surface area contributed by atoms with Crippen LogP contribution in [0.4, 0.5) is 5.69 Å². The number of carbonyl (C=O) groups excluding carboxylic acids is 4. The molecule has 1 saturated heterocycles. The Morgan fingerprint density at radius 3 is 2.71 bits per heavy atom. The standard InChI is InChI=1S/C16H18N4O4/c17-7-2-8-18-10-4-1-3-9-13(10)16(24)20(15(9)23)11-5-6-12(21)19-14(11)22/h1,3-4,11,18H,2,5-8,17H2,(H,19,21,22). The number of benzene rings is 1. The third kappa shape index (κ3) is 2.65. The SMILES string of the molecule is NCCCNc1cccc2c1C(=O)N(C1CCC(=O)NC1=O)C2=O. The third-order valence-electron chi connectivity index (χ3n) is 4.16. The summed E-state index contributed by atoms with van der Waals surface area (Å²) in [6.45, 7) is 1.09. The lowest BCUT2D eigenvalue weighted by molar-refractivity contribution is -0.136. The highest BCUT2D eigenvalue weighted by molar-refractivity contribution is 6.25. The predicted octanol–water partition coefficient (Wildman–Crippen LogP) is -0.152. The van der Waals surface area contributed by atoms with Gasteiger partial charge in [-0.25, -0.2) is 0 Å². The van der Waals surface area contributed by atoms with Gasteiger partial charge in [-0.15, -0.1) is 0 Å². The minimum atomic E-state index is -0.952. The highest BCUT2D eigenvalue weighted by atomic mass is 16.2. The van der Waals surface area contributed by atoms with E-state index in [9.17, 15) is 19.2 Å². The number of imide groups is 2. The van der Waals surface area contributed by atoms with Crippen molar-refractivity contribution in [3.8, 4) is 0 Å². The van der Waals surface area contributed by atoms with Crippen LogP contribution >= 0.6 is 0 Å². The number of rotatable bonds is 5. The molecule has 0 radical (unpaired) electrons. The Morgan fingerprint density at radius 1 is 1.21 bits per heavy atom. The van der Waals surface area contributed by atoms with Crippen molar-refractivity contribution < 1.29 is 19.2 Å². The van der Waals surface area contributed by atoms with Gasteiger partial charge < -0.3 is 11.1 Å². The largest absolute Gasteiger partial charge is 0.384 e. The number of fused-ring (bicyclic) bond motifs is 1. The van der Waals surface area contributed by atoms with Gasteiger partial charge in [-0.2, -0.15) is 0 Å². The van der Waals surface area contributed by atoms with E-state index in [2.05, 4.69) is 10.6 Å². The molecule has 1 fully saturated rings. The van der Waals surface area contributed by atoms with Gasteiger partial charge in [0.25, 0.3) is 11.8 Å². The predicted molar refractivity (Wildman–Crippen MR) is 85.3 cm³/mol. The van der Waals surface area contributed by atoms with Crippen LogP contribution in [0.25, 0.3) is 0 Å². The molecule has 1 aromatic carbocycles. The first kappa shape index (κ1) is 16.1. The maximum absolute atomic E-state index is 12.8. The van der Waals surface area contributed by atoms with Crippen LogP contribution in [0.3, 0.4) is 0 Å². The summed E-state index contributed by atoms with van der Waals surface area (Å²) in [5.74, 6) is -2.03. The Bertz CT molecular complexity index is 731. The van der Waals surface area contributed by atoms with E-state index in [0.717, 1.165) is 11.3 Å². The Labute approximate surface area is 138 Å². The van der Waals surface area contributed by atoms with Crippen LogP contribution in [0.2, 0.25) is 0 Å². The van der Waals surface area contributed by atoms with Gasteiger partial charge in [0.2, 0.25) is 11.8 Å². The average molecular weight is 330 g/mol. The lowest BCUT2D eigenvalue weighted by atomic mass is 10.0. The van der Waals surface area contributed by atoms with Crippen LogP contribution in [-0.2, 0) is 9.59 Å². The number of hydrogen-bond donors (Lipinski definition) is 3. The molecule has 1 atom stereocenters. The number of carbonyl (C=O) groups is 4. The van der Waals surface area contributed by atoms with E-state index >= 15 is 0 Å². The lowest BCUT2D eigenvalue weighted by Gasteiger charge is -2.27. The van der Waals surface area contributed by atoms with E-state index in [1.54, 1.807) is 18.2 Å². The first-order valence-electron chi connectivity index (χ1n) is 7.83. The summed E-state index contributed by atoms with van der Waals surface area (Å²) in [5, 5.41) is 5.28. The van der Waals surface area contributed by atoms with Crippen molar-refractivity contribution in [1.82, 2.24) is 10.2 Å². The summed E-state index contributed by atoms with van der Waals surface area (Å²) in [4.78, 5) is 49.6. The second kappa shape index (κ2) is 6.40. The van der Waals surface area contributed by atoms with E-state index in [-0.39, 0.29) is 24.0 Å². The number of anilines is 1. The Morgan fingerprint density at radius 2 is 2.00 bits per heavy atom. The number of hydrogen-bond acceptors (Lipinski definition) is 6. The Hall–Kier alpha value is -2.74. The zero-order chi connectivity index (χ0) is 17.3. The average Bonchev–Trinajstić information content (AvgIpc) is 2.81. The number of piperidine rings is 1. The van der Waals surface area contributed by atoms with E-state index in [4.69, 9.17) is 5.73 Å². The molecule has 0 aromatic heterocycles. The molecule has 8 nitrogen and oxygen atoms in total. The molecule has 3 rings (SSSR count). The molecule has 0 spiro atoms. The first-order chi connectivity index (χ1) is 11.5. The van der Waals surface area contributed by atoms with Gasteiger partial charge in [-0.3, -0.25) is 29.4 Å². The van der Waals surface area contributed by atoms with Gasteiger partial charge in [-0.05, 0) is 31.5 Å². The summed E-state index contributed by atoms with van der Waals surface area (Å²) in [7, 11) is 0. The molecule has 2 aliphatic rings. The molecule has 0 aliphatic carbocycles. The lowest BCUT2D eigenvalue weighted by Crippen LogP contribution is -2.54. The van der Waals surface area contributed by atoms with Crippen LogP contribution in [-0.4, -0.2) is 47.7 Å². The highest BCUT2D eigenvalue weighted by Gasteiger charge is 2.45. The molecule has 8 heteroatoms. The molecule has 2 aliphatic heterocycles. The fraction of sp³-hybridized carbons (Fsp3) is 0.375. The van der Waals surface area contributed by atoms with Crippen molar-refractivity contribution in [2.45, 2.75) is 25.3 Å². The topological polar surface area (TPSA) is 122 Å². The van der Waals surface area contributed by atoms with Gasteiger partial charge in [0.15, 0.2) is 0 Å². The minimum absolute atomic E-state index is 0.103. The van der Waals surface area contributed by atoms with Crippen LogP contribution < -0.4 is 16.4 Å². The van der Waals surface area contributed by atoms with Crippen LogP contribution in [0.5, 0.6) is 0 Å². The number of nitrogens with two attached hydrogens (primary N) is 1. The quantitative estimate of drug-likeness (QED) is 0.510. The summed E-state index contributed by atoms with van der Waals surface area (Å²) in [6.07, 6.45) is 0.972. The molecule has 0 saturated carbocycles. The Balaban J connectivity index is 1.89. The molecule has 4 N–H and O–H groups in total. The van der Waals surface area contributed by atoms with Gasteiger partial charge >= 0.3 is 0 Å². The van der Waals surface area contributed by atoms with Crippen LogP contribution in [0.1, 0.15) is 40.0 Å². The molecule has 1 unspecified atom stereocenters. The molecule has 2 heterocycles. The summed E-state index contributed by atoms with van der Waals surface area (Å²) in [5.41, 5.74) is 6.54. The molecular formula is C16H18N4O4. The maximum Gasteiger partial charge on any atom is 0.264 e. The molecule has 0 bridgehead atoms. The molecule has 126 valence electrons. The summed E-state index contributed by atoms with van der Waals surface area (Å²) < 4.78 is 0. The normalized spacial score (nSPS) is 20.2. The second-order valence-electron chi connectivity index (χ2n) is 5.74. The van der Waals surface area contributed by atoms with Gasteiger partial charge in [-0.1, -0.05) is 6.07 Å². The number of nitrogens with one attached hydrogen (secondary N) is 2. The van der Waals surface area contributed by atoms with Crippen molar-refractivity contribution in [2.75, 3.05) is 18.4 Å². The van der Waals surface area contributed by atoms with Crippen molar-refractivity contribution in [2.24, 2.45) is 5.73 Å². The van der Waals surface area contributed by atoms with Crippen molar-refractivity contribution in [3.05, 3.63) is 29.3 Å². The summed E-state index contributed by atoms with van der Waals surface area (Å²) in [6, 6.07) is 4.01. The van der Waals surface area contributed by atoms with Crippen molar-refractivity contribution in [1.29, 1.82) is 0 Å². The van der Waals surface area contributed by atoms with E-state index in [1.165, 1.54) is 0 Å². The second-order valence-corrected chi connectivity index (χ2v) is 5.74. The zero-order valence-corrected chi connectivity index (χ0v) is 13.0. The molecular weight excluding hydrogens is 312 g/mol. The fourth-order valence-electron chi connectivity index (χ4n) is 2.99. The molecule has 24 heavy (non-hydrogen) atoms. The first-order valence-corrected chi connectivity index (χ1v) is 7.83. The van der Waals surface area contributed by atoms with E-state index in [1.807, 2.05) is 0 Å². The van der Waals surface area contributed by atoms with Gasteiger partial charge in [0.05, 0.1) is 11.1 Å². The zero-order valence-electron chi connectivity index (χ0n) is 13.0. The van der Waals surface area contributed by atoms with E-state index in [0.29, 0.717) is 18.8 Å². The van der Waals surface area contributed by atoms with E-state index < -0.39 is 29.7 Å². The monoisotopic (exact) mass is 330 g/mol. The fourth-order valence-corrected chi connectivity index (χ4v) is 2.99. The highest BCUT2D eigenvalue weighted by Crippen LogP contribution is 2.32. The Kier molecular flexibility index (Phi) is 4.30. The van der Waals surface area contributed by atoms with Gasteiger partial charge in [0, 0.05) is 18.7 Å². The van der Waals surface area contributed by atoms with Crippen LogP contribution in [0, 0.1) is 0 Å². The minimum Gasteiger partial charge on any atom is -0.384 e. The third-order valence-corrected chi connectivity index (χ3v) is 4.16. The summed E-state index contributed by atoms with van der Waals surface area (Å²) >= 11 is 0. The van der Waals surface area contributed by atoms with Gasteiger partial charge in [0.1, 0.15) is 6.04 Å².